The van der Waals surface area contributed by atoms with E-state index in [1.165, 1.54) is 18.6 Å². The van der Waals surface area contributed by atoms with Gasteiger partial charge in [-0.25, -0.2) is 4.79 Å². The molecular weight excluding hydrogens is 332 g/mol. The third-order valence-corrected chi connectivity index (χ3v) is 2.98. The number of benzene rings is 2. The van der Waals surface area contributed by atoms with Gasteiger partial charge in [0, 0.05) is 6.08 Å². The van der Waals surface area contributed by atoms with Crippen LogP contribution in [0.4, 0.5) is 0 Å². The molecule has 2 aromatic carbocycles. The van der Waals surface area contributed by atoms with Crippen molar-refractivity contribution in [3.05, 3.63) is 86.4 Å². The quantitative estimate of drug-likeness (QED) is 0.321. The summed E-state index contributed by atoms with van der Waals surface area (Å²) in [7, 11) is 1.64. The lowest BCUT2D eigenvalue weighted by Gasteiger charge is -2.05. The minimum Gasteiger partial charge on any atom is -0.497 e. The zero-order valence-electron chi connectivity index (χ0n) is 14.5. The maximum Gasteiger partial charge on any atom is 0.335 e. The first-order chi connectivity index (χ1) is 12.6. The first kappa shape index (κ1) is 20.4. The zero-order chi connectivity index (χ0) is 19.2. The summed E-state index contributed by atoms with van der Waals surface area (Å²) in [5.74, 6) is 0.931. The molecule has 0 aliphatic rings. The van der Waals surface area contributed by atoms with Crippen LogP contribution in [-0.4, -0.2) is 19.4 Å². The molecule has 0 radical (unpaired) electrons. The topological polar surface area (TPSA) is 61.8 Å². The van der Waals surface area contributed by atoms with Gasteiger partial charge in [-0.15, -0.1) is 0 Å². The Morgan fingerprint density at radius 3 is 1.81 bits per heavy atom. The predicted octanol–water partition coefficient (Wildman–Crippen LogP) is 4.31. The van der Waals surface area contributed by atoms with Gasteiger partial charge in [0.2, 0.25) is 0 Å². The molecule has 0 unspecified atom stereocenters. The number of esters is 1. The number of ether oxygens (including phenoxy) is 3. The van der Waals surface area contributed by atoms with Gasteiger partial charge in [0.1, 0.15) is 30.3 Å². The summed E-state index contributed by atoms with van der Waals surface area (Å²) in [6.07, 6.45) is 5.37. The van der Waals surface area contributed by atoms with Crippen LogP contribution in [-0.2, 0) is 14.3 Å². The fraction of sp³-hybridized carbons (Fsp3) is 0.0476. The second-order valence-corrected chi connectivity index (χ2v) is 4.66. The standard InChI is InChI=1S/C18H16O4.C3H4O/c1-3-18(19)22-13-12-21-17-10-6-15(7-11-17)14-4-8-16(20-2)9-5-14;1-2-3-4/h3-13H,1H2,2H3;2-3H,1H2/b13-12+;. The Labute approximate surface area is 152 Å². The van der Waals surface area contributed by atoms with Crippen molar-refractivity contribution in [2.75, 3.05) is 7.11 Å². The highest BCUT2D eigenvalue weighted by atomic mass is 16.5. The Hall–Kier alpha value is -3.60. The van der Waals surface area contributed by atoms with E-state index in [9.17, 15) is 4.79 Å². The molecule has 0 aliphatic heterocycles. The molecule has 0 N–H and O–H groups in total. The Balaban J connectivity index is 0.000000765. The van der Waals surface area contributed by atoms with E-state index in [1.807, 2.05) is 48.5 Å². The molecule has 0 atom stereocenters. The summed E-state index contributed by atoms with van der Waals surface area (Å²) in [5, 5.41) is 0. The van der Waals surface area contributed by atoms with Gasteiger partial charge in [0.25, 0.3) is 0 Å². The van der Waals surface area contributed by atoms with E-state index >= 15 is 0 Å². The minimum absolute atomic E-state index is 0.533. The van der Waals surface area contributed by atoms with Crippen LogP contribution in [0.15, 0.2) is 86.4 Å². The number of hydrogen-bond donors (Lipinski definition) is 0. The molecule has 0 aromatic heterocycles. The maximum absolute atomic E-state index is 10.8. The fourth-order valence-electron chi connectivity index (χ4n) is 1.76. The van der Waals surface area contributed by atoms with Crippen LogP contribution < -0.4 is 9.47 Å². The van der Waals surface area contributed by atoms with E-state index in [-0.39, 0.29) is 0 Å². The maximum atomic E-state index is 10.8. The molecule has 5 heteroatoms. The third-order valence-electron chi connectivity index (χ3n) is 2.98. The molecule has 134 valence electrons. The van der Waals surface area contributed by atoms with Crippen molar-refractivity contribution >= 4 is 12.3 Å². The lowest BCUT2D eigenvalue weighted by molar-refractivity contribution is -0.132. The Kier molecular flexibility index (Phi) is 9.33. The molecule has 0 aliphatic carbocycles. The molecule has 0 spiro atoms. The van der Waals surface area contributed by atoms with Gasteiger partial charge in [0.15, 0.2) is 0 Å². The summed E-state index contributed by atoms with van der Waals surface area (Å²) >= 11 is 0. The number of hydrogen-bond acceptors (Lipinski definition) is 5. The highest BCUT2D eigenvalue weighted by molar-refractivity contribution is 5.81. The summed E-state index contributed by atoms with van der Waals surface area (Å²) < 4.78 is 15.1. The van der Waals surface area contributed by atoms with E-state index in [0.717, 1.165) is 23.0 Å². The van der Waals surface area contributed by atoms with Gasteiger partial charge in [-0.3, -0.25) is 4.79 Å². The average Bonchev–Trinajstić information content (AvgIpc) is 2.71. The van der Waals surface area contributed by atoms with Crippen molar-refractivity contribution in [1.82, 2.24) is 0 Å². The van der Waals surface area contributed by atoms with E-state index in [1.54, 1.807) is 7.11 Å². The van der Waals surface area contributed by atoms with Crippen LogP contribution >= 0.6 is 0 Å². The fourth-order valence-corrected chi connectivity index (χ4v) is 1.76. The largest absolute Gasteiger partial charge is 0.497 e. The highest BCUT2D eigenvalue weighted by Crippen LogP contribution is 2.24. The second kappa shape index (κ2) is 11.9. The molecule has 0 heterocycles. The SMILES string of the molecule is C=CC(=O)O/C=C/Oc1ccc(-c2ccc(OC)cc2)cc1.C=CC=O. The third kappa shape index (κ3) is 7.31. The highest BCUT2D eigenvalue weighted by Gasteiger charge is 1.99. The molecule has 0 saturated carbocycles. The van der Waals surface area contributed by atoms with E-state index in [0.29, 0.717) is 12.0 Å². The van der Waals surface area contributed by atoms with Crippen molar-refractivity contribution < 1.29 is 23.8 Å². The Morgan fingerprint density at radius 2 is 1.38 bits per heavy atom. The van der Waals surface area contributed by atoms with Gasteiger partial charge >= 0.3 is 5.97 Å². The monoisotopic (exact) mass is 352 g/mol. The number of methoxy groups -OCH3 is 1. The van der Waals surface area contributed by atoms with Crippen LogP contribution in [0.25, 0.3) is 11.1 Å². The van der Waals surface area contributed by atoms with Crippen molar-refractivity contribution in [1.29, 1.82) is 0 Å². The van der Waals surface area contributed by atoms with Crippen LogP contribution in [0.5, 0.6) is 11.5 Å². The number of aldehydes is 1. The first-order valence-electron chi connectivity index (χ1n) is 7.60. The Morgan fingerprint density at radius 1 is 0.885 bits per heavy atom. The lowest BCUT2D eigenvalue weighted by atomic mass is 10.1. The van der Waals surface area contributed by atoms with Crippen LogP contribution in [0.3, 0.4) is 0 Å². The average molecular weight is 352 g/mol. The number of carbonyl (C=O) groups is 2. The first-order valence-corrected chi connectivity index (χ1v) is 7.60. The predicted molar refractivity (Wildman–Crippen MR) is 101 cm³/mol. The van der Waals surface area contributed by atoms with Crippen LogP contribution in [0.2, 0.25) is 0 Å². The van der Waals surface area contributed by atoms with Crippen LogP contribution in [0.1, 0.15) is 0 Å². The number of rotatable bonds is 7. The summed E-state index contributed by atoms with van der Waals surface area (Å²) in [6.45, 7) is 6.40. The van der Waals surface area contributed by atoms with Gasteiger partial charge in [0.05, 0.1) is 7.11 Å². The molecular formula is C21H20O5. The molecule has 0 bridgehead atoms. The van der Waals surface area contributed by atoms with Crippen molar-refractivity contribution in [3.8, 4) is 22.6 Å². The minimum atomic E-state index is -0.533. The molecule has 26 heavy (non-hydrogen) atoms. The number of allylic oxidation sites excluding steroid dienone is 1. The van der Waals surface area contributed by atoms with Gasteiger partial charge in [-0.05, 0) is 41.5 Å². The van der Waals surface area contributed by atoms with Gasteiger partial charge < -0.3 is 14.2 Å². The molecule has 2 aromatic rings. The smallest absolute Gasteiger partial charge is 0.335 e. The summed E-state index contributed by atoms with van der Waals surface area (Å²) in [4.78, 5) is 19.9. The van der Waals surface area contributed by atoms with E-state index in [2.05, 4.69) is 17.9 Å². The molecule has 0 saturated heterocycles. The Bertz CT molecular complexity index is 737. The van der Waals surface area contributed by atoms with E-state index in [4.69, 9.17) is 14.3 Å². The molecule has 0 amide bonds. The van der Waals surface area contributed by atoms with E-state index < -0.39 is 5.97 Å². The van der Waals surface area contributed by atoms with Crippen molar-refractivity contribution in [2.45, 2.75) is 0 Å². The van der Waals surface area contributed by atoms with Crippen molar-refractivity contribution in [3.63, 3.8) is 0 Å². The molecule has 2 rings (SSSR count). The summed E-state index contributed by atoms with van der Waals surface area (Å²) in [5.41, 5.74) is 2.15. The second-order valence-electron chi connectivity index (χ2n) is 4.66. The van der Waals surface area contributed by atoms with Crippen molar-refractivity contribution in [2.24, 2.45) is 0 Å². The van der Waals surface area contributed by atoms with Gasteiger partial charge in [-0.1, -0.05) is 37.4 Å². The summed E-state index contributed by atoms with van der Waals surface area (Å²) in [6, 6.07) is 15.4. The zero-order valence-corrected chi connectivity index (χ0v) is 14.5. The number of carbonyl (C=O) groups excluding carboxylic acids is 2. The molecule has 0 fully saturated rings. The molecule has 5 nitrogen and oxygen atoms in total. The normalized spacial score (nSPS) is 9.42. The van der Waals surface area contributed by atoms with Gasteiger partial charge in [-0.2, -0.15) is 0 Å². The van der Waals surface area contributed by atoms with Crippen LogP contribution in [0, 0.1) is 0 Å². The lowest BCUT2D eigenvalue weighted by Crippen LogP contribution is -1.93.